The monoisotopic (exact) mass is 330 g/mol. The third kappa shape index (κ3) is 6.24. The third-order valence-electron chi connectivity index (χ3n) is 6.21. The van der Waals surface area contributed by atoms with Crippen LogP contribution in [0.25, 0.3) is 0 Å². The Morgan fingerprint density at radius 2 is 2.04 bits per heavy atom. The fourth-order valence-electron chi connectivity index (χ4n) is 4.48. The zero-order valence-electron chi connectivity index (χ0n) is 16.3. The van der Waals surface area contributed by atoms with E-state index in [0.717, 1.165) is 12.5 Å². The van der Waals surface area contributed by atoms with Gasteiger partial charge in [-0.2, -0.15) is 0 Å². The van der Waals surface area contributed by atoms with Crippen molar-refractivity contribution in [2.24, 2.45) is 17.8 Å². The predicted molar refractivity (Wildman–Crippen MR) is 105 cm³/mol. The molecule has 0 saturated heterocycles. The van der Waals surface area contributed by atoms with E-state index in [9.17, 15) is 0 Å². The maximum absolute atomic E-state index is 5.53. The summed E-state index contributed by atoms with van der Waals surface area (Å²) in [5.74, 6) is 2.19. The molecule has 2 aliphatic carbocycles. The molecule has 2 rings (SSSR count). The summed E-state index contributed by atoms with van der Waals surface area (Å²) in [4.78, 5) is 0. The quantitative estimate of drug-likeness (QED) is 0.297. The van der Waals surface area contributed by atoms with E-state index in [-0.39, 0.29) is 0 Å². The maximum atomic E-state index is 5.53. The fraction of sp³-hybridized carbons (Fsp3) is 0.739. The Morgan fingerprint density at radius 3 is 2.67 bits per heavy atom. The molecule has 1 saturated carbocycles. The number of methoxy groups -OCH3 is 1. The summed E-state index contributed by atoms with van der Waals surface area (Å²) >= 11 is 0. The molecule has 1 nitrogen and oxygen atoms in total. The van der Waals surface area contributed by atoms with Gasteiger partial charge in [0.15, 0.2) is 0 Å². The average molecular weight is 331 g/mol. The van der Waals surface area contributed by atoms with Gasteiger partial charge in [-0.3, -0.25) is 0 Å². The second-order valence-corrected chi connectivity index (χ2v) is 8.21. The molecule has 0 N–H and O–H groups in total. The van der Waals surface area contributed by atoms with Gasteiger partial charge in [0, 0.05) is 13.7 Å². The van der Waals surface area contributed by atoms with Crippen LogP contribution < -0.4 is 0 Å². The minimum absolute atomic E-state index is 0.597. The van der Waals surface area contributed by atoms with Crippen LogP contribution in [0.2, 0.25) is 0 Å². The molecule has 24 heavy (non-hydrogen) atoms. The first kappa shape index (κ1) is 19.5. The van der Waals surface area contributed by atoms with Crippen molar-refractivity contribution in [2.75, 3.05) is 13.7 Å². The minimum Gasteiger partial charge on any atom is -0.384 e. The van der Waals surface area contributed by atoms with E-state index in [1.165, 1.54) is 75.4 Å². The molecule has 0 aliphatic heterocycles. The van der Waals surface area contributed by atoms with E-state index < -0.39 is 0 Å². The maximum Gasteiger partial charge on any atom is 0.0496 e. The zero-order chi connectivity index (χ0) is 17.4. The summed E-state index contributed by atoms with van der Waals surface area (Å²) in [6, 6.07) is 0. The Morgan fingerprint density at radius 1 is 1.29 bits per heavy atom. The van der Waals surface area contributed by atoms with Crippen LogP contribution in [0.3, 0.4) is 0 Å². The smallest absolute Gasteiger partial charge is 0.0496 e. The van der Waals surface area contributed by atoms with Crippen molar-refractivity contribution in [3.05, 3.63) is 35.5 Å². The van der Waals surface area contributed by atoms with Gasteiger partial charge in [-0.25, -0.2) is 0 Å². The first-order chi connectivity index (χ1) is 11.6. The molecular weight excluding hydrogens is 292 g/mol. The molecule has 1 heteroatoms. The van der Waals surface area contributed by atoms with Crippen LogP contribution in [-0.2, 0) is 4.74 Å². The molecule has 0 aromatic carbocycles. The predicted octanol–water partition coefficient (Wildman–Crippen LogP) is 6.86. The van der Waals surface area contributed by atoms with E-state index in [1.54, 1.807) is 5.57 Å². The van der Waals surface area contributed by atoms with Crippen LogP contribution in [0.5, 0.6) is 0 Å². The topological polar surface area (TPSA) is 9.23 Å². The number of ether oxygens (including phenoxy) is 1. The SMILES string of the molecule is C=C(CCCCC1=CC(C)=CC1)C(C)C(COC)CC1CCCC1. The largest absolute Gasteiger partial charge is 0.384 e. The van der Waals surface area contributed by atoms with Gasteiger partial charge in [0.2, 0.25) is 0 Å². The summed E-state index contributed by atoms with van der Waals surface area (Å²) in [6.07, 6.45) is 18.0. The second kappa shape index (κ2) is 10.2. The number of rotatable bonds is 11. The molecule has 2 atom stereocenters. The highest BCUT2D eigenvalue weighted by atomic mass is 16.5. The second-order valence-electron chi connectivity index (χ2n) is 8.21. The lowest BCUT2D eigenvalue weighted by Gasteiger charge is -2.27. The van der Waals surface area contributed by atoms with Gasteiger partial charge in [-0.1, -0.05) is 68.1 Å². The molecule has 0 amide bonds. The van der Waals surface area contributed by atoms with Gasteiger partial charge < -0.3 is 4.74 Å². The molecule has 2 aliphatic rings. The molecule has 136 valence electrons. The van der Waals surface area contributed by atoms with Crippen LogP contribution in [-0.4, -0.2) is 13.7 Å². The fourth-order valence-corrected chi connectivity index (χ4v) is 4.48. The molecular formula is C23H38O. The Labute approximate surface area is 150 Å². The van der Waals surface area contributed by atoms with Crippen molar-refractivity contribution in [1.82, 2.24) is 0 Å². The van der Waals surface area contributed by atoms with Crippen molar-refractivity contribution >= 4 is 0 Å². The van der Waals surface area contributed by atoms with Gasteiger partial charge in [0.25, 0.3) is 0 Å². The molecule has 2 unspecified atom stereocenters. The van der Waals surface area contributed by atoms with Gasteiger partial charge >= 0.3 is 0 Å². The van der Waals surface area contributed by atoms with E-state index >= 15 is 0 Å². The van der Waals surface area contributed by atoms with Crippen LogP contribution in [0.1, 0.15) is 78.1 Å². The van der Waals surface area contributed by atoms with Crippen molar-refractivity contribution in [3.63, 3.8) is 0 Å². The molecule has 0 radical (unpaired) electrons. The molecule has 0 heterocycles. The summed E-state index contributed by atoms with van der Waals surface area (Å²) < 4.78 is 5.53. The summed E-state index contributed by atoms with van der Waals surface area (Å²) in [5, 5.41) is 0. The van der Waals surface area contributed by atoms with Crippen LogP contribution in [0.15, 0.2) is 35.5 Å². The van der Waals surface area contributed by atoms with Gasteiger partial charge in [0.1, 0.15) is 0 Å². The van der Waals surface area contributed by atoms with E-state index in [1.807, 2.05) is 7.11 Å². The number of hydrogen-bond acceptors (Lipinski definition) is 1. The molecule has 1 fully saturated rings. The number of unbranched alkanes of at least 4 members (excludes halogenated alkanes) is 1. The standard InChI is InChI=1S/C23H38O/c1-18-13-14-22(15-18)12-6-5-9-19(2)20(3)23(17-24-4)16-21-10-7-8-11-21/h13,15,20-21,23H,2,5-12,14,16-17H2,1,3-4H3. The van der Waals surface area contributed by atoms with Crippen molar-refractivity contribution in [1.29, 1.82) is 0 Å². The van der Waals surface area contributed by atoms with E-state index in [2.05, 4.69) is 32.6 Å². The van der Waals surface area contributed by atoms with Crippen LogP contribution in [0.4, 0.5) is 0 Å². The van der Waals surface area contributed by atoms with Gasteiger partial charge in [-0.05, 0) is 63.2 Å². The lowest BCUT2D eigenvalue weighted by Crippen LogP contribution is -2.21. The summed E-state index contributed by atoms with van der Waals surface area (Å²) in [6.45, 7) is 9.92. The normalized spacial score (nSPS) is 20.8. The van der Waals surface area contributed by atoms with Gasteiger partial charge in [-0.15, -0.1) is 0 Å². The molecule has 0 spiro atoms. The Balaban J connectivity index is 1.69. The Hall–Kier alpha value is -0.820. The van der Waals surface area contributed by atoms with Crippen molar-refractivity contribution in [3.8, 4) is 0 Å². The lowest BCUT2D eigenvalue weighted by atomic mass is 9.80. The lowest BCUT2D eigenvalue weighted by molar-refractivity contribution is 0.116. The highest BCUT2D eigenvalue weighted by Gasteiger charge is 2.25. The van der Waals surface area contributed by atoms with Crippen molar-refractivity contribution in [2.45, 2.75) is 78.1 Å². The molecule has 0 aromatic heterocycles. The van der Waals surface area contributed by atoms with Crippen LogP contribution >= 0.6 is 0 Å². The molecule has 0 bridgehead atoms. The van der Waals surface area contributed by atoms with E-state index in [4.69, 9.17) is 4.74 Å². The zero-order valence-corrected chi connectivity index (χ0v) is 16.3. The summed E-state index contributed by atoms with van der Waals surface area (Å²) in [7, 11) is 1.85. The Kier molecular flexibility index (Phi) is 8.32. The first-order valence-electron chi connectivity index (χ1n) is 10.1. The first-order valence-corrected chi connectivity index (χ1v) is 10.1. The molecule has 0 aromatic rings. The number of allylic oxidation sites excluding steroid dienone is 5. The van der Waals surface area contributed by atoms with Gasteiger partial charge in [0.05, 0.1) is 0 Å². The number of hydrogen-bond donors (Lipinski definition) is 0. The minimum atomic E-state index is 0.597. The summed E-state index contributed by atoms with van der Waals surface area (Å²) in [5.41, 5.74) is 4.51. The third-order valence-corrected chi connectivity index (χ3v) is 6.21. The highest BCUT2D eigenvalue weighted by molar-refractivity contribution is 5.30. The Bertz CT molecular complexity index is 451. The van der Waals surface area contributed by atoms with E-state index in [0.29, 0.717) is 11.8 Å². The van der Waals surface area contributed by atoms with Crippen molar-refractivity contribution < 1.29 is 4.74 Å². The highest BCUT2D eigenvalue weighted by Crippen LogP contribution is 2.35. The average Bonchev–Trinajstić information content (AvgIpc) is 3.22. The van der Waals surface area contributed by atoms with Crippen LogP contribution in [0, 0.1) is 17.8 Å².